The van der Waals surface area contributed by atoms with Crippen molar-refractivity contribution in [1.29, 1.82) is 0 Å². The van der Waals surface area contributed by atoms with Crippen molar-refractivity contribution >= 4 is 21.6 Å². The molecule has 0 atom stereocenters. The average Bonchev–Trinajstić information content (AvgIpc) is 2.87. The van der Waals surface area contributed by atoms with Gasteiger partial charge in [-0.15, -0.1) is 0 Å². The number of hydrogen-bond donors (Lipinski definition) is 0. The third-order valence-electron chi connectivity index (χ3n) is 6.41. The van der Waals surface area contributed by atoms with Crippen LogP contribution in [0.1, 0.15) is 16.7 Å². The van der Waals surface area contributed by atoms with Gasteiger partial charge in [0.1, 0.15) is 4.60 Å². The van der Waals surface area contributed by atoms with Gasteiger partial charge in [0.25, 0.3) is 0 Å². The van der Waals surface area contributed by atoms with Gasteiger partial charge in [0, 0.05) is 32.4 Å². The molecule has 160 valence electrons. The Morgan fingerprint density at radius 1 is 0.594 bits per heavy atom. The minimum Gasteiger partial charge on any atom is -0.367 e. The molecule has 1 aliphatic rings. The Balaban J connectivity index is 1.60. The predicted molar refractivity (Wildman–Crippen MR) is 135 cm³/mol. The highest BCUT2D eigenvalue weighted by Gasteiger charge is 2.43. The number of rotatable bonds is 5. The second kappa shape index (κ2) is 9.27. The summed E-state index contributed by atoms with van der Waals surface area (Å²) in [5, 5.41) is 0. The molecule has 1 aliphatic heterocycles. The van der Waals surface area contributed by atoms with E-state index in [0.717, 1.165) is 36.5 Å². The number of benzene rings is 3. The van der Waals surface area contributed by atoms with Crippen molar-refractivity contribution < 1.29 is 0 Å². The SMILES string of the molecule is Brc1ncccc1N1CCN(C(c2ccccc2)(c2ccccc2)c2ccccc2)CC1. The van der Waals surface area contributed by atoms with E-state index >= 15 is 0 Å². The maximum atomic E-state index is 4.43. The highest BCUT2D eigenvalue weighted by Crippen LogP contribution is 2.43. The van der Waals surface area contributed by atoms with Crippen molar-refractivity contribution in [2.45, 2.75) is 5.54 Å². The molecule has 4 aromatic rings. The van der Waals surface area contributed by atoms with Crippen LogP contribution in [0.3, 0.4) is 0 Å². The Labute approximate surface area is 198 Å². The molecule has 4 heteroatoms. The normalized spacial score (nSPS) is 15.0. The fourth-order valence-corrected chi connectivity index (χ4v) is 5.48. The van der Waals surface area contributed by atoms with Crippen LogP contribution in [-0.4, -0.2) is 36.1 Å². The van der Waals surface area contributed by atoms with E-state index in [-0.39, 0.29) is 5.54 Å². The highest BCUT2D eigenvalue weighted by molar-refractivity contribution is 9.10. The zero-order chi connectivity index (χ0) is 21.8. The van der Waals surface area contributed by atoms with Gasteiger partial charge in [0.15, 0.2) is 0 Å². The number of pyridine rings is 1. The number of piperazine rings is 1. The Morgan fingerprint density at radius 2 is 1.06 bits per heavy atom. The molecule has 3 nitrogen and oxygen atoms in total. The first kappa shape index (κ1) is 20.9. The molecule has 1 aromatic heterocycles. The van der Waals surface area contributed by atoms with Gasteiger partial charge < -0.3 is 4.90 Å². The highest BCUT2D eigenvalue weighted by atomic mass is 79.9. The zero-order valence-corrected chi connectivity index (χ0v) is 19.5. The number of anilines is 1. The second-order valence-electron chi connectivity index (χ2n) is 8.10. The summed E-state index contributed by atoms with van der Waals surface area (Å²) in [5.74, 6) is 0. The van der Waals surface area contributed by atoms with Gasteiger partial charge in [-0.3, -0.25) is 4.90 Å². The first-order chi connectivity index (χ1) is 15.8. The lowest BCUT2D eigenvalue weighted by atomic mass is 9.75. The number of hydrogen-bond acceptors (Lipinski definition) is 3. The fraction of sp³-hybridized carbons (Fsp3) is 0.179. The standard InChI is InChI=1S/C28H26BrN3/c29-27-26(17-10-18-30-27)31-19-21-32(22-20-31)28(23-11-4-1-5-12-23,24-13-6-2-7-14-24)25-15-8-3-9-16-25/h1-18H,19-22H2. The quantitative estimate of drug-likeness (QED) is 0.258. The minimum atomic E-state index is -0.345. The summed E-state index contributed by atoms with van der Waals surface area (Å²) in [7, 11) is 0. The molecule has 1 saturated heterocycles. The van der Waals surface area contributed by atoms with Crippen molar-refractivity contribution in [3.05, 3.63) is 131 Å². The second-order valence-corrected chi connectivity index (χ2v) is 8.85. The Morgan fingerprint density at radius 3 is 1.50 bits per heavy atom. The zero-order valence-electron chi connectivity index (χ0n) is 17.9. The van der Waals surface area contributed by atoms with Crippen LogP contribution in [0.25, 0.3) is 0 Å². The van der Waals surface area contributed by atoms with Crippen molar-refractivity contribution in [2.24, 2.45) is 0 Å². The summed E-state index contributed by atoms with van der Waals surface area (Å²) in [4.78, 5) is 9.50. The molecule has 0 unspecified atom stereocenters. The maximum Gasteiger partial charge on any atom is 0.129 e. The van der Waals surface area contributed by atoms with Crippen LogP contribution < -0.4 is 4.90 Å². The van der Waals surface area contributed by atoms with Crippen LogP contribution in [0.4, 0.5) is 5.69 Å². The van der Waals surface area contributed by atoms with E-state index in [9.17, 15) is 0 Å². The first-order valence-electron chi connectivity index (χ1n) is 11.1. The van der Waals surface area contributed by atoms with Crippen LogP contribution in [-0.2, 0) is 5.54 Å². The van der Waals surface area contributed by atoms with Crippen LogP contribution in [0, 0.1) is 0 Å². The maximum absolute atomic E-state index is 4.43. The molecule has 5 rings (SSSR count). The lowest BCUT2D eigenvalue weighted by Crippen LogP contribution is -2.56. The molecule has 2 heterocycles. The minimum absolute atomic E-state index is 0.345. The molecule has 0 amide bonds. The first-order valence-corrected chi connectivity index (χ1v) is 11.9. The van der Waals surface area contributed by atoms with Crippen molar-refractivity contribution in [1.82, 2.24) is 9.88 Å². The molecule has 0 aliphatic carbocycles. The smallest absolute Gasteiger partial charge is 0.129 e. The average molecular weight is 484 g/mol. The summed E-state index contributed by atoms with van der Waals surface area (Å²) < 4.78 is 0.911. The molecule has 0 radical (unpaired) electrons. The van der Waals surface area contributed by atoms with Gasteiger partial charge >= 0.3 is 0 Å². The number of nitrogens with zero attached hydrogens (tertiary/aromatic N) is 3. The van der Waals surface area contributed by atoms with Crippen LogP contribution in [0.15, 0.2) is 114 Å². The summed E-state index contributed by atoms with van der Waals surface area (Å²) in [5.41, 5.74) is 4.72. The summed E-state index contributed by atoms with van der Waals surface area (Å²) >= 11 is 3.63. The van der Waals surface area contributed by atoms with E-state index < -0.39 is 0 Å². The molecular formula is C28H26BrN3. The van der Waals surface area contributed by atoms with Gasteiger partial charge in [-0.05, 0) is 44.8 Å². The van der Waals surface area contributed by atoms with Gasteiger partial charge in [0.2, 0.25) is 0 Å². The molecule has 1 fully saturated rings. The fourth-order valence-electron chi connectivity index (χ4n) is 4.98. The van der Waals surface area contributed by atoms with E-state index in [1.54, 1.807) is 0 Å². The lowest BCUT2D eigenvalue weighted by Gasteiger charge is -2.49. The van der Waals surface area contributed by atoms with Crippen LogP contribution in [0.5, 0.6) is 0 Å². The number of aromatic nitrogens is 1. The largest absolute Gasteiger partial charge is 0.367 e. The van der Waals surface area contributed by atoms with E-state index in [0.29, 0.717) is 0 Å². The van der Waals surface area contributed by atoms with Gasteiger partial charge in [0.05, 0.1) is 11.2 Å². The monoisotopic (exact) mass is 483 g/mol. The molecule has 32 heavy (non-hydrogen) atoms. The van der Waals surface area contributed by atoms with Gasteiger partial charge in [-0.2, -0.15) is 0 Å². The van der Waals surface area contributed by atoms with Gasteiger partial charge in [-0.25, -0.2) is 4.98 Å². The Hall–Kier alpha value is -2.95. The lowest BCUT2D eigenvalue weighted by molar-refractivity contribution is 0.147. The van der Waals surface area contributed by atoms with Gasteiger partial charge in [-0.1, -0.05) is 91.0 Å². The Bertz CT molecular complexity index is 1040. The molecule has 0 N–H and O–H groups in total. The third kappa shape index (κ3) is 3.74. The summed E-state index contributed by atoms with van der Waals surface area (Å²) in [6.45, 7) is 3.77. The Kier molecular flexibility index (Phi) is 6.06. The van der Waals surface area contributed by atoms with Crippen molar-refractivity contribution in [3.63, 3.8) is 0 Å². The van der Waals surface area contributed by atoms with E-state index in [1.807, 2.05) is 12.3 Å². The predicted octanol–water partition coefficient (Wildman–Crippen LogP) is 5.96. The third-order valence-corrected chi connectivity index (χ3v) is 7.02. The van der Waals surface area contributed by atoms with Crippen LogP contribution >= 0.6 is 15.9 Å². The van der Waals surface area contributed by atoms with Crippen molar-refractivity contribution in [3.8, 4) is 0 Å². The van der Waals surface area contributed by atoms with E-state index in [1.165, 1.54) is 16.7 Å². The molecule has 0 spiro atoms. The van der Waals surface area contributed by atoms with Crippen LogP contribution in [0.2, 0.25) is 0 Å². The van der Waals surface area contributed by atoms with E-state index in [2.05, 4.69) is 128 Å². The molecular weight excluding hydrogens is 458 g/mol. The number of halogens is 1. The molecule has 0 bridgehead atoms. The molecule has 0 saturated carbocycles. The van der Waals surface area contributed by atoms with Crippen molar-refractivity contribution in [2.75, 3.05) is 31.1 Å². The topological polar surface area (TPSA) is 19.4 Å². The van der Waals surface area contributed by atoms with E-state index in [4.69, 9.17) is 0 Å². The summed E-state index contributed by atoms with van der Waals surface area (Å²) in [6.07, 6.45) is 1.83. The molecule has 3 aromatic carbocycles. The summed E-state index contributed by atoms with van der Waals surface area (Å²) in [6, 6.07) is 37.0.